The SMILES string of the molecule is Cc1ncccc1CNC[C@@H]1CCc2nccn2C1. The van der Waals surface area contributed by atoms with Crippen molar-refractivity contribution in [3.8, 4) is 0 Å². The van der Waals surface area contributed by atoms with Crippen molar-refractivity contribution in [1.29, 1.82) is 0 Å². The van der Waals surface area contributed by atoms with Crippen molar-refractivity contribution in [2.24, 2.45) is 5.92 Å². The number of aryl methyl sites for hydroxylation is 2. The number of pyridine rings is 1. The minimum absolute atomic E-state index is 0.707. The molecule has 0 saturated carbocycles. The quantitative estimate of drug-likeness (QED) is 0.909. The van der Waals surface area contributed by atoms with Crippen LogP contribution in [0.5, 0.6) is 0 Å². The standard InChI is InChI=1S/C15H20N4/c1-12-14(3-2-6-17-12)10-16-9-13-4-5-15-18-7-8-19(15)11-13/h2-3,6-8,13,16H,4-5,9-11H2,1H3/t13-/m0/s1. The molecule has 1 N–H and O–H groups in total. The van der Waals surface area contributed by atoms with Crippen LogP contribution < -0.4 is 5.32 Å². The molecule has 1 aliphatic heterocycles. The predicted molar refractivity (Wildman–Crippen MR) is 74.7 cm³/mol. The minimum atomic E-state index is 0.707. The van der Waals surface area contributed by atoms with Gasteiger partial charge in [-0.25, -0.2) is 4.98 Å². The number of hydrogen-bond acceptors (Lipinski definition) is 3. The Balaban J connectivity index is 1.50. The number of rotatable bonds is 4. The Labute approximate surface area is 113 Å². The lowest BCUT2D eigenvalue weighted by atomic mass is 9.99. The van der Waals surface area contributed by atoms with E-state index in [4.69, 9.17) is 0 Å². The zero-order valence-electron chi connectivity index (χ0n) is 11.3. The molecule has 0 radical (unpaired) electrons. The molecule has 4 nitrogen and oxygen atoms in total. The molecule has 0 fully saturated rings. The highest BCUT2D eigenvalue weighted by Gasteiger charge is 2.18. The monoisotopic (exact) mass is 256 g/mol. The molecule has 1 aliphatic rings. The van der Waals surface area contributed by atoms with Crippen molar-refractivity contribution in [2.45, 2.75) is 32.9 Å². The fourth-order valence-electron chi connectivity index (χ4n) is 2.72. The fraction of sp³-hybridized carbons (Fsp3) is 0.467. The van der Waals surface area contributed by atoms with Crippen molar-refractivity contribution in [1.82, 2.24) is 19.9 Å². The van der Waals surface area contributed by atoms with Crippen molar-refractivity contribution < 1.29 is 0 Å². The van der Waals surface area contributed by atoms with Gasteiger partial charge in [-0.1, -0.05) is 6.07 Å². The van der Waals surface area contributed by atoms with E-state index in [0.29, 0.717) is 5.92 Å². The molecule has 2 aromatic rings. The van der Waals surface area contributed by atoms with E-state index in [9.17, 15) is 0 Å². The van der Waals surface area contributed by atoms with Gasteiger partial charge in [-0.05, 0) is 37.4 Å². The van der Waals surface area contributed by atoms with Crippen LogP contribution in [-0.2, 0) is 19.5 Å². The van der Waals surface area contributed by atoms with Gasteiger partial charge in [-0.3, -0.25) is 4.98 Å². The Morgan fingerprint density at radius 2 is 2.32 bits per heavy atom. The van der Waals surface area contributed by atoms with E-state index in [1.54, 1.807) is 0 Å². The molecule has 0 unspecified atom stereocenters. The second kappa shape index (κ2) is 5.53. The molecule has 2 aromatic heterocycles. The highest BCUT2D eigenvalue weighted by atomic mass is 15.1. The van der Waals surface area contributed by atoms with Crippen molar-refractivity contribution >= 4 is 0 Å². The van der Waals surface area contributed by atoms with Crippen LogP contribution >= 0.6 is 0 Å². The Morgan fingerprint density at radius 1 is 1.37 bits per heavy atom. The highest BCUT2D eigenvalue weighted by Crippen LogP contribution is 2.18. The zero-order chi connectivity index (χ0) is 13.1. The molecule has 0 amide bonds. The Bertz CT molecular complexity index is 547. The lowest BCUT2D eigenvalue weighted by Gasteiger charge is -2.24. The first-order valence-corrected chi connectivity index (χ1v) is 6.94. The first-order valence-electron chi connectivity index (χ1n) is 6.94. The van der Waals surface area contributed by atoms with Crippen LogP contribution in [0.4, 0.5) is 0 Å². The minimum Gasteiger partial charge on any atom is -0.335 e. The topological polar surface area (TPSA) is 42.7 Å². The largest absolute Gasteiger partial charge is 0.335 e. The van der Waals surface area contributed by atoms with E-state index in [0.717, 1.165) is 31.7 Å². The summed E-state index contributed by atoms with van der Waals surface area (Å²) in [5, 5.41) is 3.56. The van der Waals surface area contributed by atoms with E-state index < -0.39 is 0 Å². The van der Waals surface area contributed by atoms with Gasteiger partial charge in [0.15, 0.2) is 0 Å². The molecule has 3 heterocycles. The van der Waals surface area contributed by atoms with E-state index in [-0.39, 0.29) is 0 Å². The second-order valence-electron chi connectivity index (χ2n) is 5.28. The van der Waals surface area contributed by atoms with Crippen LogP contribution in [0.15, 0.2) is 30.7 Å². The van der Waals surface area contributed by atoms with Crippen molar-refractivity contribution in [3.63, 3.8) is 0 Å². The molecule has 1 atom stereocenters. The van der Waals surface area contributed by atoms with Gasteiger partial charge in [0.2, 0.25) is 0 Å². The highest BCUT2D eigenvalue weighted by molar-refractivity contribution is 5.17. The maximum atomic E-state index is 4.36. The van der Waals surface area contributed by atoms with E-state index in [2.05, 4.69) is 39.0 Å². The van der Waals surface area contributed by atoms with Gasteiger partial charge in [0, 0.05) is 43.8 Å². The van der Waals surface area contributed by atoms with Gasteiger partial charge in [0.1, 0.15) is 5.82 Å². The lowest BCUT2D eigenvalue weighted by molar-refractivity contribution is 0.347. The molecule has 19 heavy (non-hydrogen) atoms. The van der Waals surface area contributed by atoms with Gasteiger partial charge in [-0.2, -0.15) is 0 Å². The lowest BCUT2D eigenvalue weighted by Crippen LogP contribution is -2.29. The summed E-state index contributed by atoms with van der Waals surface area (Å²) >= 11 is 0. The van der Waals surface area contributed by atoms with Gasteiger partial charge in [0.25, 0.3) is 0 Å². The number of imidazole rings is 1. The van der Waals surface area contributed by atoms with E-state index in [1.807, 2.05) is 18.5 Å². The van der Waals surface area contributed by atoms with E-state index >= 15 is 0 Å². The molecular formula is C15H20N4. The maximum absolute atomic E-state index is 4.36. The molecule has 100 valence electrons. The number of hydrogen-bond donors (Lipinski definition) is 1. The second-order valence-corrected chi connectivity index (χ2v) is 5.28. The third-order valence-electron chi connectivity index (χ3n) is 3.90. The summed E-state index contributed by atoms with van der Waals surface area (Å²) in [4.78, 5) is 8.68. The molecule has 4 heteroatoms. The summed E-state index contributed by atoms with van der Waals surface area (Å²) in [6.07, 6.45) is 8.18. The first kappa shape index (κ1) is 12.4. The third kappa shape index (κ3) is 2.84. The Morgan fingerprint density at radius 3 is 3.21 bits per heavy atom. The Hall–Kier alpha value is -1.68. The maximum Gasteiger partial charge on any atom is 0.108 e. The molecule has 0 aromatic carbocycles. The average molecular weight is 256 g/mol. The molecular weight excluding hydrogens is 236 g/mol. The number of nitrogens with zero attached hydrogens (tertiary/aromatic N) is 3. The Kier molecular flexibility index (Phi) is 3.60. The van der Waals surface area contributed by atoms with Crippen LogP contribution in [0.2, 0.25) is 0 Å². The smallest absolute Gasteiger partial charge is 0.108 e. The molecule has 0 saturated heterocycles. The van der Waals surface area contributed by atoms with Gasteiger partial charge >= 0.3 is 0 Å². The summed E-state index contributed by atoms with van der Waals surface area (Å²) in [6.45, 7) is 5.13. The molecule has 3 rings (SSSR count). The van der Waals surface area contributed by atoms with Gasteiger partial charge in [0.05, 0.1) is 0 Å². The van der Waals surface area contributed by atoms with Crippen LogP contribution in [-0.4, -0.2) is 21.1 Å². The number of fused-ring (bicyclic) bond motifs is 1. The normalized spacial score (nSPS) is 18.3. The van der Waals surface area contributed by atoms with Crippen molar-refractivity contribution in [3.05, 3.63) is 47.8 Å². The summed E-state index contributed by atoms with van der Waals surface area (Å²) in [5.74, 6) is 1.94. The molecule has 0 aliphatic carbocycles. The third-order valence-corrected chi connectivity index (χ3v) is 3.90. The van der Waals surface area contributed by atoms with Gasteiger partial charge in [-0.15, -0.1) is 0 Å². The summed E-state index contributed by atoms with van der Waals surface area (Å²) in [7, 11) is 0. The van der Waals surface area contributed by atoms with Crippen LogP contribution in [0.25, 0.3) is 0 Å². The van der Waals surface area contributed by atoms with E-state index in [1.165, 1.54) is 17.8 Å². The number of nitrogens with one attached hydrogen (secondary N) is 1. The van der Waals surface area contributed by atoms with Crippen molar-refractivity contribution in [2.75, 3.05) is 6.54 Å². The number of aromatic nitrogens is 3. The zero-order valence-corrected chi connectivity index (χ0v) is 11.3. The average Bonchev–Trinajstić information content (AvgIpc) is 2.88. The summed E-state index contributed by atoms with van der Waals surface area (Å²) in [6, 6.07) is 4.15. The predicted octanol–water partition coefficient (Wildman–Crippen LogP) is 1.94. The van der Waals surface area contributed by atoms with Crippen LogP contribution in [0.3, 0.4) is 0 Å². The van der Waals surface area contributed by atoms with Crippen LogP contribution in [0, 0.1) is 12.8 Å². The molecule has 0 bridgehead atoms. The fourth-order valence-corrected chi connectivity index (χ4v) is 2.72. The molecule has 0 spiro atoms. The summed E-state index contributed by atoms with van der Waals surface area (Å²) < 4.78 is 2.28. The van der Waals surface area contributed by atoms with Gasteiger partial charge < -0.3 is 9.88 Å². The summed E-state index contributed by atoms with van der Waals surface area (Å²) in [5.41, 5.74) is 2.41. The van der Waals surface area contributed by atoms with Crippen LogP contribution in [0.1, 0.15) is 23.5 Å². The first-order chi connectivity index (χ1) is 9.33.